The molecule has 2 aliphatic carbocycles. The second kappa shape index (κ2) is 7.73. The van der Waals surface area contributed by atoms with Crippen molar-refractivity contribution in [2.75, 3.05) is 26.2 Å². The summed E-state index contributed by atoms with van der Waals surface area (Å²) in [7, 11) is 0. The summed E-state index contributed by atoms with van der Waals surface area (Å²) >= 11 is 0. The van der Waals surface area contributed by atoms with Crippen LogP contribution in [-0.4, -0.2) is 59.0 Å². The van der Waals surface area contributed by atoms with E-state index in [1.54, 1.807) is 6.92 Å². The summed E-state index contributed by atoms with van der Waals surface area (Å²) in [4.78, 5) is 35.5. The number of aromatic nitrogens is 2. The van der Waals surface area contributed by atoms with Crippen molar-refractivity contribution in [3.63, 3.8) is 0 Å². The van der Waals surface area contributed by atoms with Crippen molar-refractivity contribution in [2.45, 2.75) is 26.7 Å². The first-order valence-corrected chi connectivity index (χ1v) is 9.93. The van der Waals surface area contributed by atoms with Crippen LogP contribution in [0.4, 0.5) is 0 Å². The summed E-state index contributed by atoms with van der Waals surface area (Å²) < 4.78 is 5.08. The van der Waals surface area contributed by atoms with E-state index in [4.69, 9.17) is 4.52 Å². The number of aliphatic imine (C=N–C) groups is 1. The molecule has 2 bridgehead atoms. The number of nitrogens with zero attached hydrogens (tertiary/aromatic N) is 4. The maximum absolute atomic E-state index is 12.7. The van der Waals surface area contributed by atoms with Gasteiger partial charge in [-0.2, -0.15) is 4.98 Å². The number of amides is 2. The maximum Gasteiger partial charge on any atom is 0.233 e. The van der Waals surface area contributed by atoms with E-state index in [0.717, 1.165) is 6.42 Å². The van der Waals surface area contributed by atoms with Gasteiger partial charge in [0.25, 0.3) is 0 Å². The van der Waals surface area contributed by atoms with Crippen LogP contribution in [0.1, 0.15) is 25.1 Å². The molecule has 0 aromatic carbocycles. The number of fused-ring (bicyclic) bond motifs is 5. The number of hydrogen-bond acceptors (Lipinski definition) is 6. The smallest absolute Gasteiger partial charge is 0.233 e. The third-order valence-corrected chi connectivity index (χ3v) is 5.70. The van der Waals surface area contributed by atoms with Crippen molar-refractivity contribution in [3.8, 4) is 0 Å². The Labute approximate surface area is 163 Å². The van der Waals surface area contributed by atoms with Crippen LogP contribution in [0.2, 0.25) is 0 Å². The predicted molar refractivity (Wildman–Crippen MR) is 101 cm³/mol. The molecule has 1 aromatic rings. The quantitative estimate of drug-likeness (QED) is 0.300. The molecule has 3 aliphatic rings. The molecule has 4 rings (SSSR count). The Morgan fingerprint density at radius 2 is 1.96 bits per heavy atom. The minimum absolute atomic E-state index is 0.0117. The van der Waals surface area contributed by atoms with Crippen LogP contribution in [0.5, 0.6) is 0 Å². The van der Waals surface area contributed by atoms with Gasteiger partial charge in [0.1, 0.15) is 0 Å². The molecule has 0 spiro atoms. The summed E-state index contributed by atoms with van der Waals surface area (Å²) in [5.74, 6) is 2.00. The van der Waals surface area contributed by atoms with Gasteiger partial charge in [-0.3, -0.25) is 19.5 Å². The monoisotopic (exact) mass is 386 g/mol. The molecule has 0 radical (unpaired) electrons. The predicted octanol–water partition coefficient (Wildman–Crippen LogP) is 0.283. The minimum atomic E-state index is -0.137. The van der Waals surface area contributed by atoms with Gasteiger partial charge >= 0.3 is 0 Å². The lowest BCUT2D eigenvalue weighted by atomic mass is 9.85. The Hall–Kier alpha value is -2.71. The van der Waals surface area contributed by atoms with E-state index in [9.17, 15) is 9.59 Å². The zero-order chi connectivity index (χ0) is 19.7. The van der Waals surface area contributed by atoms with E-state index in [2.05, 4.69) is 37.9 Å². The average Bonchev–Trinajstić information content (AvgIpc) is 3.43. The average molecular weight is 386 g/mol. The first-order valence-electron chi connectivity index (χ1n) is 9.93. The molecule has 1 saturated carbocycles. The lowest BCUT2D eigenvalue weighted by Gasteiger charge is -2.18. The topological polar surface area (TPSA) is 113 Å². The van der Waals surface area contributed by atoms with Crippen LogP contribution in [0.25, 0.3) is 0 Å². The van der Waals surface area contributed by atoms with Gasteiger partial charge in [-0.1, -0.05) is 17.3 Å². The third-order valence-electron chi connectivity index (χ3n) is 5.70. The summed E-state index contributed by atoms with van der Waals surface area (Å²) in [5.41, 5.74) is 0. The molecule has 4 unspecified atom stereocenters. The fourth-order valence-electron chi connectivity index (χ4n) is 4.52. The maximum atomic E-state index is 12.7. The zero-order valence-corrected chi connectivity index (χ0v) is 16.2. The van der Waals surface area contributed by atoms with Crippen molar-refractivity contribution in [3.05, 3.63) is 23.9 Å². The van der Waals surface area contributed by atoms with E-state index >= 15 is 0 Å². The summed E-state index contributed by atoms with van der Waals surface area (Å²) in [6.07, 6.45) is 5.73. The highest BCUT2D eigenvalue weighted by Crippen LogP contribution is 2.52. The van der Waals surface area contributed by atoms with E-state index in [1.165, 1.54) is 4.90 Å². The number of allylic oxidation sites excluding steroid dienone is 2. The second-order valence-electron chi connectivity index (χ2n) is 7.50. The van der Waals surface area contributed by atoms with Gasteiger partial charge in [0.15, 0.2) is 11.8 Å². The molecule has 2 amide bonds. The lowest BCUT2D eigenvalue weighted by Crippen LogP contribution is -2.43. The molecule has 2 fully saturated rings. The molecule has 1 saturated heterocycles. The molecule has 1 aliphatic heterocycles. The molecule has 9 nitrogen and oxygen atoms in total. The number of hydrogen-bond donors (Lipinski definition) is 2. The second-order valence-corrected chi connectivity index (χ2v) is 7.50. The number of nitrogens with one attached hydrogen (secondary N) is 2. The summed E-state index contributed by atoms with van der Waals surface area (Å²) in [6, 6.07) is 0. The highest BCUT2D eigenvalue weighted by molar-refractivity contribution is 6.06. The number of rotatable bonds is 7. The fourth-order valence-corrected chi connectivity index (χ4v) is 4.52. The van der Waals surface area contributed by atoms with Gasteiger partial charge in [-0.05, 0) is 32.1 Å². The van der Waals surface area contributed by atoms with Gasteiger partial charge in [-0.25, -0.2) is 0 Å². The van der Waals surface area contributed by atoms with Crippen LogP contribution < -0.4 is 10.6 Å². The largest absolute Gasteiger partial charge is 0.357 e. The standard InChI is InChI=1S/C19H26N6O3/c1-3-20-19(21-7-6-14-23-11(2)24-28-14)22-8-9-25-17(26)15-12-4-5-13(10-12)16(15)18(25)27/h4-5,12-13,15-16H,3,6-10H2,1-2H3,(H2,20,21,22). The Balaban J connectivity index is 1.28. The molecule has 2 heterocycles. The van der Waals surface area contributed by atoms with Gasteiger partial charge in [-0.15, -0.1) is 0 Å². The molecule has 9 heteroatoms. The van der Waals surface area contributed by atoms with Crippen molar-refractivity contribution >= 4 is 17.8 Å². The highest BCUT2D eigenvalue weighted by atomic mass is 16.5. The number of imide groups is 1. The normalized spacial score (nSPS) is 28.4. The number of guanidine groups is 1. The number of carbonyl (C=O) groups excluding carboxylic acids is 2. The zero-order valence-electron chi connectivity index (χ0n) is 16.2. The van der Waals surface area contributed by atoms with E-state index in [0.29, 0.717) is 50.3 Å². The van der Waals surface area contributed by atoms with Gasteiger partial charge in [0, 0.05) is 26.1 Å². The minimum Gasteiger partial charge on any atom is -0.357 e. The first kappa shape index (κ1) is 18.6. The van der Waals surface area contributed by atoms with Crippen LogP contribution >= 0.6 is 0 Å². The highest BCUT2D eigenvalue weighted by Gasteiger charge is 2.58. The Bertz CT molecular complexity index is 786. The van der Waals surface area contributed by atoms with Crippen molar-refractivity contribution in [2.24, 2.45) is 28.7 Å². The molecule has 2 N–H and O–H groups in total. The summed E-state index contributed by atoms with van der Waals surface area (Å²) in [5, 5.41) is 10.1. The number of carbonyl (C=O) groups is 2. The van der Waals surface area contributed by atoms with Crippen LogP contribution in [0, 0.1) is 30.6 Å². The van der Waals surface area contributed by atoms with Crippen LogP contribution in [-0.2, 0) is 16.0 Å². The SMILES string of the molecule is CCNC(=NCCc1nc(C)no1)NCCN1C(=O)C2C3C=CC(C3)C2C1=O. The number of likely N-dealkylation sites (tertiary alicyclic amines) is 1. The van der Waals surface area contributed by atoms with Crippen LogP contribution in [0.15, 0.2) is 21.7 Å². The van der Waals surface area contributed by atoms with E-state index < -0.39 is 0 Å². The van der Waals surface area contributed by atoms with Crippen molar-refractivity contribution < 1.29 is 14.1 Å². The molecule has 4 atom stereocenters. The Morgan fingerprint density at radius 3 is 2.57 bits per heavy atom. The number of aryl methyl sites for hydroxylation is 1. The Kier molecular flexibility index (Phi) is 5.15. The van der Waals surface area contributed by atoms with Gasteiger partial charge in [0.05, 0.1) is 18.4 Å². The van der Waals surface area contributed by atoms with E-state index in [1.807, 2.05) is 6.92 Å². The lowest BCUT2D eigenvalue weighted by molar-refractivity contribution is -0.140. The third kappa shape index (κ3) is 3.41. The molecule has 1 aromatic heterocycles. The van der Waals surface area contributed by atoms with Gasteiger partial charge in [0.2, 0.25) is 17.7 Å². The van der Waals surface area contributed by atoms with Crippen LogP contribution in [0.3, 0.4) is 0 Å². The molecular formula is C19H26N6O3. The van der Waals surface area contributed by atoms with Gasteiger partial charge < -0.3 is 15.2 Å². The molecular weight excluding hydrogens is 360 g/mol. The van der Waals surface area contributed by atoms with Crippen molar-refractivity contribution in [1.29, 1.82) is 0 Å². The fraction of sp³-hybridized carbons (Fsp3) is 0.632. The summed E-state index contributed by atoms with van der Waals surface area (Å²) in [6.45, 7) is 5.79. The van der Waals surface area contributed by atoms with E-state index in [-0.39, 0.29) is 35.5 Å². The first-order chi connectivity index (χ1) is 13.6. The molecule has 28 heavy (non-hydrogen) atoms. The van der Waals surface area contributed by atoms with Crippen molar-refractivity contribution in [1.82, 2.24) is 25.7 Å². The Morgan fingerprint density at radius 1 is 1.25 bits per heavy atom. The molecule has 150 valence electrons.